The van der Waals surface area contributed by atoms with Gasteiger partial charge in [0.15, 0.2) is 0 Å². The molecule has 0 aliphatic heterocycles. The number of halogens is 4. The first kappa shape index (κ1) is 14.3. The number of benzene rings is 1. The van der Waals surface area contributed by atoms with Gasteiger partial charge in [0.05, 0.1) is 5.56 Å². The van der Waals surface area contributed by atoms with Gasteiger partial charge in [-0.25, -0.2) is 0 Å². The van der Waals surface area contributed by atoms with E-state index in [2.05, 4.69) is 5.32 Å². The van der Waals surface area contributed by atoms with Crippen LogP contribution in [0.4, 0.5) is 13.2 Å². The normalized spacial score (nSPS) is 11.7. The predicted octanol–water partition coefficient (Wildman–Crippen LogP) is 3.45. The lowest BCUT2D eigenvalue weighted by molar-refractivity contribution is -0.138. The molecule has 0 heterocycles. The van der Waals surface area contributed by atoms with Crippen LogP contribution in [0.5, 0.6) is 0 Å². The summed E-state index contributed by atoms with van der Waals surface area (Å²) in [6.45, 7) is 3.57. The van der Waals surface area contributed by atoms with Crippen molar-refractivity contribution in [2.45, 2.75) is 26.1 Å². The van der Waals surface area contributed by atoms with Crippen LogP contribution in [0.15, 0.2) is 18.2 Å². The maximum Gasteiger partial charge on any atom is 0.417 e. The Morgan fingerprint density at radius 2 is 1.94 bits per heavy atom. The molecule has 1 amide bonds. The molecule has 1 aromatic rings. The standard InChI is InChI=1S/C11H11F3INO/c1-6(2)16-10(17)7-3-4-8(9(15)5-7)11(12,13)14/h3-6H,1-2H3,(H,16,17). The molecule has 1 aromatic carbocycles. The van der Waals surface area contributed by atoms with E-state index in [1.807, 2.05) is 0 Å². The van der Waals surface area contributed by atoms with Gasteiger partial charge in [-0.15, -0.1) is 0 Å². The summed E-state index contributed by atoms with van der Waals surface area (Å²) >= 11 is 1.58. The lowest BCUT2D eigenvalue weighted by Gasteiger charge is -2.12. The zero-order valence-electron chi connectivity index (χ0n) is 9.23. The van der Waals surface area contributed by atoms with Crippen molar-refractivity contribution < 1.29 is 18.0 Å². The second-order valence-electron chi connectivity index (χ2n) is 3.82. The van der Waals surface area contributed by atoms with Crippen LogP contribution in [0.3, 0.4) is 0 Å². The molecule has 1 N–H and O–H groups in total. The van der Waals surface area contributed by atoms with Gasteiger partial charge in [-0.2, -0.15) is 13.2 Å². The molecule has 0 saturated heterocycles. The highest BCUT2D eigenvalue weighted by Crippen LogP contribution is 2.33. The van der Waals surface area contributed by atoms with E-state index >= 15 is 0 Å². The van der Waals surface area contributed by atoms with E-state index in [9.17, 15) is 18.0 Å². The summed E-state index contributed by atoms with van der Waals surface area (Å²) in [6, 6.07) is 3.29. The monoisotopic (exact) mass is 357 g/mol. The van der Waals surface area contributed by atoms with Gasteiger partial charge in [-0.3, -0.25) is 4.79 Å². The number of alkyl halides is 3. The number of hydrogen-bond acceptors (Lipinski definition) is 1. The SMILES string of the molecule is CC(C)NC(=O)c1ccc(C(F)(F)F)c(I)c1. The molecule has 0 atom stereocenters. The van der Waals surface area contributed by atoms with E-state index in [-0.39, 0.29) is 21.1 Å². The number of hydrogen-bond donors (Lipinski definition) is 1. The molecule has 0 bridgehead atoms. The molecular formula is C11H11F3INO. The molecule has 0 spiro atoms. The Hall–Kier alpha value is -0.790. The molecule has 0 aromatic heterocycles. The Morgan fingerprint density at radius 3 is 2.35 bits per heavy atom. The Balaban J connectivity index is 3.01. The van der Waals surface area contributed by atoms with Crippen LogP contribution >= 0.6 is 22.6 Å². The highest BCUT2D eigenvalue weighted by Gasteiger charge is 2.33. The maximum atomic E-state index is 12.5. The van der Waals surface area contributed by atoms with Gasteiger partial charge in [0.1, 0.15) is 0 Å². The summed E-state index contributed by atoms with van der Waals surface area (Å²) in [5.74, 6) is -0.369. The minimum atomic E-state index is -4.39. The Morgan fingerprint density at radius 1 is 1.35 bits per heavy atom. The lowest BCUT2D eigenvalue weighted by Crippen LogP contribution is -2.30. The van der Waals surface area contributed by atoms with E-state index in [0.717, 1.165) is 6.07 Å². The fraction of sp³-hybridized carbons (Fsp3) is 0.364. The van der Waals surface area contributed by atoms with Crippen molar-refractivity contribution in [1.82, 2.24) is 5.32 Å². The highest BCUT2D eigenvalue weighted by molar-refractivity contribution is 14.1. The molecule has 0 radical (unpaired) electrons. The van der Waals surface area contributed by atoms with Crippen molar-refractivity contribution in [2.24, 2.45) is 0 Å². The zero-order valence-corrected chi connectivity index (χ0v) is 11.4. The third kappa shape index (κ3) is 3.86. The molecule has 6 heteroatoms. The second-order valence-corrected chi connectivity index (χ2v) is 4.98. The quantitative estimate of drug-likeness (QED) is 0.808. The predicted molar refractivity (Wildman–Crippen MR) is 66.8 cm³/mol. The van der Waals surface area contributed by atoms with Crippen molar-refractivity contribution in [2.75, 3.05) is 0 Å². The van der Waals surface area contributed by atoms with Gasteiger partial charge >= 0.3 is 6.18 Å². The summed E-state index contributed by atoms with van der Waals surface area (Å²) in [4.78, 5) is 11.6. The van der Waals surface area contributed by atoms with Crippen molar-refractivity contribution in [3.8, 4) is 0 Å². The Labute approximate surface area is 111 Å². The van der Waals surface area contributed by atoms with Crippen molar-refractivity contribution in [1.29, 1.82) is 0 Å². The molecule has 0 aliphatic carbocycles. The number of carbonyl (C=O) groups excluding carboxylic acids is 1. The third-order valence-corrected chi connectivity index (χ3v) is 2.85. The average Bonchev–Trinajstić information content (AvgIpc) is 2.14. The van der Waals surface area contributed by atoms with Crippen LogP contribution in [0.1, 0.15) is 29.8 Å². The summed E-state index contributed by atoms with van der Waals surface area (Å²) in [7, 11) is 0. The second kappa shape index (κ2) is 5.24. The molecule has 0 fully saturated rings. The number of amides is 1. The fourth-order valence-electron chi connectivity index (χ4n) is 1.23. The minimum absolute atomic E-state index is 0.0199. The van der Waals surface area contributed by atoms with Gasteiger partial charge in [-0.05, 0) is 54.6 Å². The topological polar surface area (TPSA) is 29.1 Å². The fourth-order valence-corrected chi connectivity index (χ4v) is 2.05. The van der Waals surface area contributed by atoms with E-state index in [4.69, 9.17) is 0 Å². The van der Waals surface area contributed by atoms with Crippen LogP contribution in [0.25, 0.3) is 0 Å². The molecule has 0 saturated carbocycles. The molecule has 2 nitrogen and oxygen atoms in total. The van der Waals surface area contributed by atoms with Crippen molar-refractivity contribution >= 4 is 28.5 Å². The largest absolute Gasteiger partial charge is 0.417 e. The van der Waals surface area contributed by atoms with Gasteiger partial charge in [0, 0.05) is 15.2 Å². The molecule has 94 valence electrons. The zero-order chi connectivity index (χ0) is 13.2. The number of nitrogens with one attached hydrogen (secondary N) is 1. The molecular weight excluding hydrogens is 346 g/mol. The van der Waals surface area contributed by atoms with E-state index in [1.54, 1.807) is 36.4 Å². The van der Waals surface area contributed by atoms with Crippen LogP contribution in [0, 0.1) is 3.57 Å². The van der Waals surface area contributed by atoms with Crippen LogP contribution in [-0.4, -0.2) is 11.9 Å². The third-order valence-electron chi connectivity index (χ3n) is 1.96. The average molecular weight is 357 g/mol. The van der Waals surface area contributed by atoms with Gasteiger partial charge in [0.2, 0.25) is 0 Å². The first-order valence-corrected chi connectivity index (χ1v) is 5.97. The summed E-state index contributed by atoms with van der Waals surface area (Å²) in [6.07, 6.45) is -4.39. The van der Waals surface area contributed by atoms with E-state index in [1.165, 1.54) is 12.1 Å². The molecule has 0 unspecified atom stereocenters. The summed E-state index contributed by atoms with van der Waals surface area (Å²) in [5, 5.41) is 2.62. The minimum Gasteiger partial charge on any atom is -0.350 e. The molecule has 1 rings (SSSR count). The van der Waals surface area contributed by atoms with Crippen molar-refractivity contribution in [3.05, 3.63) is 32.9 Å². The summed E-state index contributed by atoms with van der Waals surface area (Å²) in [5.41, 5.74) is -0.490. The van der Waals surface area contributed by atoms with E-state index < -0.39 is 11.7 Å². The van der Waals surface area contributed by atoms with Gasteiger partial charge < -0.3 is 5.32 Å². The first-order chi connectivity index (χ1) is 7.71. The number of carbonyl (C=O) groups is 1. The maximum absolute atomic E-state index is 12.5. The first-order valence-electron chi connectivity index (χ1n) is 4.89. The smallest absolute Gasteiger partial charge is 0.350 e. The van der Waals surface area contributed by atoms with Gasteiger partial charge in [0.25, 0.3) is 5.91 Å². The summed E-state index contributed by atoms with van der Waals surface area (Å²) < 4.78 is 37.5. The molecule has 17 heavy (non-hydrogen) atoms. The van der Waals surface area contributed by atoms with Crippen molar-refractivity contribution in [3.63, 3.8) is 0 Å². The Kier molecular flexibility index (Phi) is 4.40. The van der Waals surface area contributed by atoms with Crippen LogP contribution in [0.2, 0.25) is 0 Å². The van der Waals surface area contributed by atoms with Crippen LogP contribution in [-0.2, 0) is 6.18 Å². The highest BCUT2D eigenvalue weighted by atomic mass is 127. The van der Waals surface area contributed by atoms with Gasteiger partial charge in [-0.1, -0.05) is 0 Å². The Bertz CT molecular complexity index is 429. The van der Waals surface area contributed by atoms with E-state index in [0.29, 0.717) is 0 Å². The number of rotatable bonds is 2. The van der Waals surface area contributed by atoms with Crippen LogP contribution < -0.4 is 5.32 Å². The lowest BCUT2D eigenvalue weighted by atomic mass is 10.1. The molecule has 0 aliphatic rings.